The van der Waals surface area contributed by atoms with Crippen LogP contribution < -0.4 is 0 Å². The maximum atomic E-state index is 12.9. The van der Waals surface area contributed by atoms with E-state index >= 15 is 0 Å². The largest absolute Gasteiger partial charge is 0.457 e. The van der Waals surface area contributed by atoms with Crippen LogP contribution in [0.5, 0.6) is 0 Å². The molecule has 1 heterocycles. The molecule has 6 unspecified atom stereocenters. The summed E-state index contributed by atoms with van der Waals surface area (Å²) in [6, 6.07) is 0. The van der Waals surface area contributed by atoms with Gasteiger partial charge in [-0.25, -0.2) is 4.18 Å². The Morgan fingerprint density at radius 1 is 0.500 bits per heavy atom. The van der Waals surface area contributed by atoms with E-state index in [-0.39, 0.29) is 25.6 Å². The monoisotopic (exact) mass is 993 g/mol. The number of carbonyl (C=O) groups excluding carboxylic acids is 1. The summed E-state index contributed by atoms with van der Waals surface area (Å²) in [6.07, 6.45) is 44.3. The molecule has 0 saturated carbocycles. The van der Waals surface area contributed by atoms with E-state index in [0.29, 0.717) is 13.0 Å². The van der Waals surface area contributed by atoms with E-state index in [0.717, 1.165) is 38.5 Å². The highest BCUT2D eigenvalue weighted by Gasteiger charge is 2.48. The zero-order valence-electron chi connectivity index (χ0n) is 44.0. The predicted octanol–water partition coefficient (Wildman–Crippen LogP) is 14.0. The lowest BCUT2D eigenvalue weighted by atomic mass is 9.99. The molecule has 0 aromatic carbocycles. The maximum absolute atomic E-state index is 12.9. The Bertz CT molecular complexity index is 1190. The zero-order chi connectivity index (χ0) is 49.6. The van der Waals surface area contributed by atoms with Crippen molar-refractivity contribution in [2.24, 2.45) is 0 Å². The molecule has 0 aliphatic carbocycles. The van der Waals surface area contributed by atoms with Crippen LogP contribution >= 0.6 is 0 Å². The van der Waals surface area contributed by atoms with Gasteiger partial charge < -0.3 is 34.3 Å². The van der Waals surface area contributed by atoms with Gasteiger partial charge in [0.2, 0.25) is 0 Å². The van der Waals surface area contributed by atoms with Crippen molar-refractivity contribution >= 4 is 16.4 Å². The fourth-order valence-electron chi connectivity index (χ4n) is 9.38. The summed E-state index contributed by atoms with van der Waals surface area (Å²) in [5.41, 5.74) is 0. The molecule has 13 heteroatoms. The second-order valence-corrected chi connectivity index (χ2v) is 21.3. The number of hydrogen-bond acceptors (Lipinski definition) is 11. The lowest BCUT2D eigenvalue weighted by Gasteiger charge is -2.41. The van der Waals surface area contributed by atoms with Crippen molar-refractivity contribution in [1.82, 2.24) is 0 Å². The van der Waals surface area contributed by atoms with Gasteiger partial charge in [-0.3, -0.25) is 9.35 Å². The highest BCUT2D eigenvalue weighted by molar-refractivity contribution is 7.80. The van der Waals surface area contributed by atoms with Crippen LogP contribution in [0.15, 0.2) is 0 Å². The standard InChI is InChI=1S/C55H108O12S/c1-3-5-7-9-11-13-15-17-19-21-23-25-26-28-30-32-34-36-38-40-42-44-51(57)65-49(48-64-55-53(59)54(67-68(60,61)62)52(58)50(46-56)66-55)47-63-45-43-41-39-37-35-33-31-29-27-24-22-20-18-16-14-12-10-8-6-4-2/h49-50,52-56,58-59H,3-48H2,1-2H3,(H,60,61,62). The van der Waals surface area contributed by atoms with Crippen molar-refractivity contribution in [2.45, 2.75) is 320 Å². The third kappa shape index (κ3) is 39.7. The van der Waals surface area contributed by atoms with Gasteiger partial charge in [-0.15, -0.1) is 0 Å². The summed E-state index contributed by atoms with van der Waals surface area (Å²) in [6.45, 7) is 4.08. The fourth-order valence-corrected chi connectivity index (χ4v) is 9.89. The highest BCUT2D eigenvalue weighted by atomic mass is 32.3. The first-order valence-corrected chi connectivity index (χ1v) is 30.2. The van der Waals surface area contributed by atoms with Crippen molar-refractivity contribution in [2.75, 3.05) is 26.4 Å². The normalized spacial score (nSPS) is 19.2. The summed E-state index contributed by atoms with van der Waals surface area (Å²) in [4.78, 5) is 12.9. The molecule has 12 nitrogen and oxygen atoms in total. The van der Waals surface area contributed by atoms with E-state index in [2.05, 4.69) is 18.0 Å². The van der Waals surface area contributed by atoms with Crippen LogP contribution in [0.25, 0.3) is 0 Å². The zero-order valence-corrected chi connectivity index (χ0v) is 44.8. The highest BCUT2D eigenvalue weighted by Crippen LogP contribution is 2.26. The average Bonchev–Trinajstić information content (AvgIpc) is 3.31. The van der Waals surface area contributed by atoms with Gasteiger partial charge in [0.1, 0.15) is 30.5 Å². The first kappa shape index (κ1) is 65.1. The molecule has 406 valence electrons. The Morgan fingerprint density at radius 2 is 0.838 bits per heavy atom. The molecule has 68 heavy (non-hydrogen) atoms. The van der Waals surface area contributed by atoms with Gasteiger partial charge >= 0.3 is 16.4 Å². The number of rotatable bonds is 52. The summed E-state index contributed by atoms with van der Waals surface area (Å²) in [5, 5.41) is 30.8. The Hall–Kier alpha value is -0.900. The lowest BCUT2D eigenvalue weighted by molar-refractivity contribution is -0.301. The van der Waals surface area contributed by atoms with Gasteiger partial charge in [0.05, 0.1) is 19.8 Å². The quantitative estimate of drug-likeness (QED) is 0.0258. The molecular weight excluding hydrogens is 885 g/mol. The van der Waals surface area contributed by atoms with Crippen LogP contribution in [0.2, 0.25) is 0 Å². The molecule has 1 fully saturated rings. The topological polar surface area (TPSA) is 178 Å². The Morgan fingerprint density at radius 3 is 1.18 bits per heavy atom. The third-order valence-corrected chi connectivity index (χ3v) is 14.2. The van der Waals surface area contributed by atoms with Crippen LogP contribution in [-0.2, 0) is 38.3 Å². The van der Waals surface area contributed by atoms with Crippen LogP contribution in [0.3, 0.4) is 0 Å². The van der Waals surface area contributed by atoms with Crippen molar-refractivity contribution in [3.8, 4) is 0 Å². The molecule has 0 radical (unpaired) electrons. The van der Waals surface area contributed by atoms with Crippen molar-refractivity contribution in [3.63, 3.8) is 0 Å². The van der Waals surface area contributed by atoms with E-state index in [1.807, 2.05) is 0 Å². The molecule has 1 aliphatic heterocycles. The van der Waals surface area contributed by atoms with E-state index in [1.54, 1.807) is 0 Å². The number of esters is 1. The van der Waals surface area contributed by atoms with E-state index in [9.17, 15) is 33.1 Å². The number of aliphatic hydroxyl groups excluding tert-OH is 3. The summed E-state index contributed by atoms with van der Waals surface area (Å²) in [5.74, 6) is -0.389. The van der Waals surface area contributed by atoms with E-state index in [1.165, 1.54) is 218 Å². The lowest BCUT2D eigenvalue weighted by Crippen LogP contribution is -2.60. The smallest absolute Gasteiger partial charge is 0.397 e. The molecule has 6 atom stereocenters. The Labute approximate surface area is 417 Å². The average molecular weight is 994 g/mol. The second kappa shape index (κ2) is 47.1. The van der Waals surface area contributed by atoms with Crippen LogP contribution in [-0.4, -0.2) is 97.5 Å². The third-order valence-electron chi connectivity index (χ3n) is 13.7. The molecule has 4 N–H and O–H groups in total. The summed E-state index contributed by atoms with van der Waals surface area (Å²) >= 11 is 0. The minimum atomic E-state index is -5.06. The van der Waals surface area contributed by atoms with Crippen molar-refractivity contribution in [3.05, 3.63) is 0 Å². The predicted molar refractivity (Wildman–Crippen MR) is 276 cm³/mol. The van der Waals surface area contributed by atoms with Crippen molar-refractivity contribution in [1.29, 1.82) is 0 Å². The SMILES string of the molecule is CCCCCCCCCCCCCCCCCCCCCCCC(=O)OC(COCCCCCCCCCCCCCCCCCCCCCC)COC1OC(CO)C(O)C(OS(=O)(=O)O)C1O. The van der Waals surface area contributed by atoms with E-state index in [4.69, 9.17) is 18.9 Å². The van der Waals surface area contributed by atoms with Crippen LogP contribution in [0.4, 0.5) is 0 Å². The number of unbranched alkanes of at least 4 members (excludes halogenated alkanes) is 39. The summed E-state index contributed by atoms with van der Waals surface area (Å²) in [7, 11) is -5.06. The van der Waals surface area contributed by atoms with Gasteiger partial charge in [0, 0.05) is 13.0 Å². The first-order chi connectivity index (χ1) is 33.1. The number of aliphatic hydroxyl groups is 3. The molecule has 0 bridgehead atoms. The second-order valence-electron chi connectivity index (χ2n) is 20.3. The molecule has 1 aliphatic rings. The van der Waals surface area contributed by atoms with Gasteiger partial charge in [0.15, 0.2) is 6.29 Å². The Balaban J connectivity index is 2.28. The Kier molecular flexibility index (Phi) is 45.1. The van der Waals surface area contributed by atoms with Crippen LogP contribution in [0, 0.1) is 0 Å². The molecule has 0 amide bonds. The van der Waals surface area contributed by atoms with Gasteiger partial charge in [-0.1, -0.05) is 264 Å². The number of ether oxygens (including phenoxy) is 4. The number of carbonyl (C=O) groups is 1. The molecule has 0 spiro atoms. The van der Waals surface area contributed by atoms with Gasteiger partial charge in [0.25, 0.3) is 0 Å². The fraction of sp³-hybridized carbons (Fsp3) is 0.982. The summed E-state index contributed by atoms with van der Waals surface area (Å²) < 4.78 is 59.4. The molecule has 0 aromatic rings. The van der Waals surface area contributed by atoms with Gasteiger partial charge in [-0.2, -0.15) is 8.42 Å². The first-order valence-electron chi connectivity index (χ1n) is 28.8. The molecule has 1 rings (SSSR count). The van der Waals surface area contributed by atoms with E-state index < -0.39 is 53.8 Å². The van der Waals surface area contributed by atoms with Gasteiger partial charge in [-0.05, 0) is 12.8 Å². The molecular formula is C55H108O12S. The number of hydrogen-bond donors (Lipinski definition) is 4. The maximum Gasteiger partial charge on any atom is 0.397 e. The molecule has 1 saturated heterocycles. The van der Waals surface area contributed by atoms with Crippen molar-refractivity contribution < 1.29 is 56.2 Å². The van der Waals surface area contributed by atoms with Crippen LogP contribution in [0.1, 0.15) is 284 Å². The molecule has 0 aromatic heterocycles. The minimum absolute atomic E-state index is 0.0456. The minimum Gasteiger partial charge on any atom is -0.457 e.